The fourth-order valence-corrected chi connectivity index (χ4v) is 4.34. The van der Waals surface area contributed by atoms with Gasteiger partial charge in [0.25, 0.3) is 0 Å². The van der Waals surface area contributed by atoms with E-state index in [1.165, 1.54) is 11.8 Å². The van der Waals surface area contributed by atoms with Gasteiger partial charge >= 0.3 is 0 Å². The lowest BCUT2D eigenvalue weighted by atomic mass is 9.99. The van der Waals surface area contributed by atoms with Crippen molar-refractivity contribution in [2.75, 3.05) is 47.8 Å². The number of aromatic nitrogens is 1. The van der Waals surface area contributed by atoms with E-state index in [4.69, 9.17) is 4.52 Å². The van der Waals surface area contributed by atoms with Crippen molar-refractivity contribution >= 4 is 29.0 Å². The second-order valence-electron chi connectivity index (χ2n) is 8.15. The number of aromatic hydroxyl groups is 1. The Morgan fingerprint density at radius 3 is 2.67 bits per heavy atom. The molecule has 1 fully saturated rings. The third-order valence-corrected chi connectivity index (χ3v) is 6.01. The van der Waals surface area contributed by atoms with Crippen LogP contribution in [0.25, 0.3) is 22.5 Å². The van der Waals surface area contributed by atoms with Gasteiger partial charge in [-0.25, -0.2) is 4.90 Å². The topological polar surface area (TPSA) is 111 Å². The minimum Gasteiger partial charge on any atom is -0.507 e. The van der Waals surface area contributed by atoms with E-state index in [9.17, 15) is 14.7 Å². The maximum atomic E-state index is 12.5. The van der Waals surface area contributed by atoms with Crippen molar-refractivity contribution in [3.05, 3.63) is 42.5 Å². The molecule has 0 atom stereocenters. The number of rotatable bonds is 3. The van der Waals surface area contributed by atoms with Crippen molar-refractivity contribution in [2.24, 2.45) is 0 Å². The van der Waals surface area contributed by atoms with E-state index in [1.807, 2.05) is 24.3 Å². The summed E-state index contributed by atoms with van der Waals surface area (Å²) in [5.41, 5.74) is 2.95. The number of carbonyl (C=O) groups is 2. The summed E-state index contributed by atoms with van der Waals surface area (Å²) in [6, 6.07) is 12.7. The van der Waals surface area contributed by atoms with Crippen molar-refractivity contribution in [1.29, 1.82) is 0 Å². The number of piperazine rings is 1. The standard InChI is InChI=1S/C24H25N5O4/c1-15(30)29-20-13-16(5-6-19(20)26-8-7-23(29)31)17-3-2-4-18(24(17)32)21-14-22(27-33-21)28-11-9-25-10-12-28/h2-6,13-14,25-26,32H,7-12H2,1H3. The quantitative estimate of drug-likeness (QED) is 0.562. The van der Waals surface area contributed by atoms with Crippen LogP contribution < -0.4 is 20.4 Å². The highest BCUT2D eigenvalue weighted by Crippen LogP contribution is 2.41. The van der Waals surface area contributed by atoms with Crippen LogP contribution in [0.4, 0.5) is 17.2 Å². The molecule has 3 aromatic rings. The Morgan fingerprint density at radius 2 is 1.88 bits per heavy atom. The van der Waals surface area contributed by atoms with E-state index in [0.717, 1.165) is 32.0 Å². The van der Waals surface area contributed by atoms with E-state index < -0.39 is 0 Å². The zero-order valence-corrected chi connectivity index (χ0v) is 18.3. The normalized spacial score (nSPS) is 16.2. The summed E-state index contributed by atoms with van der Waals surface area (Å²) in [7, 11) is 0. The van der Waals surface area contributed by atoms with Crippen LogP contribution in [0, 0.1) is 0 Å². The number of hydrogen-bond acceptors (Lipinski definition) is 8. The molecule has 9 nitrogen and oxygen atoms in total. The summed E-state index contributed by atoms with van der Waals surface area (Å²) < 4.78 is 5.57. The molecule has 2 aliphatic heterocycles. The number of fused-ring (bicyclic) bond motifs is 1. The molecule has 0 saturated carbocycles. The predicted molar refractivity (Wildman–Crippen MR) is 125 cm³/mol. The van der Waals surface area contributed by atoms with Gasteiger partial charge in [0.1, 0.15) is 5.75 Å². The first-order chi connectivity index (χ1) is 16.0. The fraction of sp³-hybridized carbons (Fsp3) is 0.292. The van der Waals surface area contributed by atoms with Crippen molar-refractivity contribution < 1.29 is 19.2 Å². The zero-order chi connectivity index (χ0) is 22.9. The van der Waals surface area contributed by atoms with Crippen LogP contribution in [0.1, 0.15) is 13.3 Å². The molecule has 9 heteroatoms. The second kappa shape index (κ2) is 8.59. The van der Waals surface area contributed by atoms with Gasteiger partial charge in [0.05, 0.1) is 16.9 Å². The van der Waals surface area contributed by atoms with Gasteiger partial charge < -0.3 is 25.2 Å². The van der Waals surface area contributed by atoms with Crippen molar-refractivity contribution in [3.8, 4) is 28.2 Å². The minimum absolute atomic E-state index is 0.0442. The number of nitrogens with one attached hydrogen (secondary N) is 2. The molecule has 33 heavy (non-hydrogen) atoms. The number of carbonyl (C=O) groups excluding carboxylic acids is 2. The summed E-state index contributed by atoms with van der Waals surface area (Å²) in [6.45, 7) is 5.28. The van der Waals surface area contributed by atoms with Gasteiger partial charge in [-0.05, 0) is 23.8 Å². The molecular weight excluding hydrogens is 422 g/mol. The van der Waals surface area contributed by atoms with Crippen LogP contribution in [-0.4, -0.2) is 54.8 Å². The molecule has 2 amide bonds. The van der Waals surface area contributed by atoms with Crippen LogP contribution in [0.5, 0.6) is 5.75 Å². The smallest absolute Gasteiger partial charge is 0.235 e. The molecule has 3 N–H and O–H groups in total. The van der Waals surface area contributed by atoms with Crippen molar-refractivity contribution in [1.82, 2.24) is 10.5 Å². The summed E-state index contributed by atoms with van der Waals surface area (Å²) in [4.78, 5) is 28.0. The molecule has 0 unspecified atom stereocenters. The van der Waals surface area contributed by atoms with Gasteiger partial charge in [-0.15, -0.1) is 0 Å². The van der Waals surface area contributed by atoms with Gasteiger partial charge in [-0.2, -0.15) is 0 Å². The Bertz CT molecular complexity index is 1220. The number of anilines is 3. The Hall–Kier alpha value is -3.85. The summed E-state index contributed by atoms with van der Waals surface area (Å²) in [5, 5.41) is 21.8. The summed E-state index contributed by atoms with van der Waals surface area (Å²) in [6.07, 6.45) is 0.227. The SMILES string of the molecule is CC(=O)N1C(=O)CCNc2ccc(-c3cccc(-c4cc(N5CCNCC5)no4)c3O)cc21. The molecule has 1 aromatic heterocycles. The Kier molecular flexibility index (Phi) is 5.47. The number of hydrogen-bond donors (Lipinski definition) is 3. The Morgan fingerprint density at radius 1 is 1.09 bits per heavy atom. The fourth-order valence-electron chi connectivity index (χ4n) is 4.34. The van der Waals surface area contributed by atoms with Crippen molar-refractivity contribution in [2.45, 2.75) is 13.3 Å². The molecule has 2 aliphatic rings. The number of para-hydroxylation sites is 1. The average Bonchev–Trinajstić information content (AvgIpc) is 3.24. The highest BCUT2D eigenvalue weighted by molar-refractivity contribution is 6.17. The molecule has 0 aliphatic carbocycles. The summed E-state index contributed by atoms with van der Waals surface area (Å²) in [5.74, 6) is 0.652. The number of imide groups is 1. The van der Waals surface area contributed by atoms with Gasteiger partial charge in [-0.3, -0.25) is 9.59 Å². The number of benzene rings is 2. The molecule has 5 rings (SSSR count). The summed E-state index contributed by atoms with van der Waals surface area (Å²) >= 11 is 0. The molecule has 2 aromatic carbocycles. The van der Waals surface area contributed by atoms with Crippen LogP contribution in [-0.2, 0) is 9.59 Å². The van der Waals surface area contributed by atoms with Crippen molar-refractivity contribution in [3.63, 3.8) is 0 Å². The van der Waals surface area contributed by atoms with E-state index in [0.29, 0.717) is 40.4 Å². The zero-order valence-electron chi connectivity index (χ0n) is 18.3. The van der Waals surface area contributed by atoms with E-state index in [1.54, 1.807) is 18.2 Å². The Labute approximate surface area is 191 Å². The largest absolute Gasteiger partial charge is 0.507 e. The third-order valence-electron chi connectivity index (χ3n) is 6.01. The maximum Gasteiger partial charge on any atom is 0.235 e. The van der Waals surface area contributed by atoms with Gasteiger partial charge in [0, 0.05) is 57.7 Å². The first kappa shape index (κ1) is 21.0. The number of phenols is 1. The highest BCUT2D eigenvalue weighted by atomic mass is 16.5. The molecule has 3 heterocycles. The third kappa shape index (κ3) is 3.91. The lowest BCUT2D eigenvalue weighted by molar-refractivity contribution is -0.125. The van der Waals surface area contributed by atoms with E-state index in [2.05, 4.69) is 20.7 Å². The van der Waals surface area contributed by atoms with Gasteiger partial charge in [-0.1, -0.05) is 23.4 Å². The lowest BCUT2D eigenvalue weighted by Gasteiger charge is -2.26. The highest BCUT2D eigenvalue weighted by Gasteiger charge is 2.26. The Balaban J connectivity index is 1.52. The number of phenolic OH excluding ortho intramolecular Hbond substituents is 1. The number of amides is 2. The first-order valence-corrected chi connectivity index (χ1v) is 11.0. The van der Waals surface area contributed by atoms with Crippen LogP contribution in [0.15, 0.2) is 47.0 Å². The molecule has 1 saturated heterocycles. The minimum atomic E-state index is -0.345. The molecule has 170 valence electrons. The second-order valence-corrected chi connectivity index (χ2v) is 8.15. The van der Waals surface area contributed by atoms with Gasteiger partial charge in [0.15, 0.2) is 11.6 Å². The number of nitrogens with zero attached hydrogens (tertiary/aromatic N) is 3. The first-order valence-electron chi connectivity index (χ1n) is 11.0. The van der Waals surface area contributed by atoms with Crippen LogP contribution >= 0.6 is 0 Å². The lowest BCUT2D eigenvalue weighted by Crippen LogP contribution is -2.43. The van der Waals surface area contributed by atoms with E-state index >= 15 is 0 Å². The molecule has 0 bridgehead atoms. The molecule has 0 spiro atoms. The van der Waals surface area contributed by atoms with Gasteiger partial charge in [0.2, 0.25) is 11.8 Å². The maximum absolute atomic E-state index is 12.5. The van der Waals surface area contributed by atoms with Crippen LogP contribution in [0.2, 0.25) is 0 Å². The molecule has 0 radical (unpaired) electrons. The molecular formula is C24H25N5O4. The monoisotopic (exact) mass is 447 g/mol. The van der Waals surface area contributed by atoms with Crippen LogP contribution in [0.3, 0.4) is 0 Å². The predicted octanol–water partition coefficient (Wildman–Crippen LogP) is 2.82. The average molecular weight is 447 g/mol. The van der Waals surface area contributed by atoms with E-state index in [-0.39, 0.29) is 24.0 Å².